The summed E-state index contributed by atoms with van der Waals surface area (Å²) in [5.41, 5.74) is 3.32. The van der Waals surface area contributed by atoms with E-state index in [1.165, 1.54) is 5.39 Å². The number of pyridine rings is 1. The van der Waals surface area contributed by atoms with E-state index in [9.17, 15) is 0 Å². The number of para-hydroxylation sites is 1. The average molecular weight is 322 g/mol. The number of fused-ring (bicyclic) bond motifs is 2. The molecule has 1 aromatic carbocycles. The first-order valence-corrected chi connectivity index (χ1v) is 8.38. The first kappa shape index (κ1) is 15.3. The second-order valence-electron chi connectivity index (χ2n) is 6.33. The van der Waals surface area contributed by atoms with Gasteiger partial charge in [-0.1, -0.05) is 24.3 Å². The van der Waals surface area contributed by atoms with Gasteiger partial charge in [0.25, 0.3) is 0 Å². The minimum Gasteiger partial charge on any atom is -0.378 e. The largest absolute Gasteiger partial charge is 0.378 e. The van der Waals surface area contributed by atoms with Gasteiger partial charge in [0.15, 0.2) is 0 Å². The van der Waals surface area contributed by atoms with Gasteiger partial charge in [0.1, 0.15) is 5.82 Å². The average Bonchev–Trinajstić information content (AvgIpc) is 3.01. The summed E-state index contributed by atoms with van der Waals surface area (Å²) in [6, 6.07) is 12.8. The minimum absolute atomic E-state index is 0.276. The van der Waals surface area contributed by atoms with Gasteiger partial charge < -0.3 is 9.30 Å². The van der Waals surface area contributed by atoms with Gasteiger partial charge in [-0.2, -0.15) is 0 Å². The van der Waals surface area contributed by atoms with Crippen LogP contribution in [0.25, 0.3) is 10.9 Å². The Morgan fingerprint density at radius 2 is 2.04 bits per heavy atom. The Labute approximate surface area is 141 Å². The molecule has 0 saturated heterocycles. The fraction of sp³-hybridized carbons (Fsp3) is 0.368. The molecule has 0 bridgehead atoms. The van der Waals surface area contributed by atoms with E-state index in [2.05, 4.69) is 45.6 Å². The van der Waals surface area contributed by atoms with E-state index in [1.54, 1.807) is 7.11 Å². The number of ether oxygens (including phenoxy) is 1. The predicted molar refractivity (Wildman–Crippen MR) is 93.5 cm³/mol. The van der Waals surface area contributed by atoms with Crippen molar-refractivity contribution in [2.24, 2.45) is 0 Å². The maximum absolute atomic E-state index is 5.27. The molecular weight excluding hydrogens is 300 g/mol. The molecule has 24 heavy (non-hydrogen) atoms. The molecule has 1 unspecified atom stereocenters. The lowest BCUT2D eigenvalue weighted by Gasteiger charge is -2.34. The molecule has 5 heteroatoms. The van der Waals surface area contributed by atoms with Crippen LogP contribution in [0, 0.1) is 0 Å². The van der Waals surface area contributed by atoms with E-state index in [4.69, 9.17) is 9.72 Å². The zero-order valence-electron chi connectivity index (χ0n) is 14.1. The lowest BCUT2D eigenvalue weighted by atomic mass is 10.1. The van der Waals surface area contributed by atoms with Gasteiger partial charge in [0.2, 0.25) is 0 Å². The maximum Gasteiger partial charge on any atom is 0.126 e. The highest BCUT2D eigenvalue weighted by molar-refractivity contribution is 5.78. The number of imidazole rings is 1. The smallest absolute Gasteiger partial charge is 0.126 e. The van der Waals surface area contributed by atoms with E-state index in [1.807, 2.05) is 18.3 Å². The fourth-order valence-electron chi connectivity index (χ4n) is 3.49. The van der Waals surface area contributed by atoms with Crippen LogP contribution in [0.3, 0.4) is 0 Å². The van der Waals surface area contributed by atoms with E-state index in [0.29, 0.717) is 6.61 Å². The van der Waals surface area contributed by atoms with Gasteiger partial charge in [-0.15, -0.1) is 0 Å². The Kier molecular flexibility index (Phi) is 4.04. The molecule has 0 spiro atoms. The molecule has 1 atom stereocenters. The van der Waals surface area contributed by atoms with Crippen LogP contribution < -0.4 is 0 Å². The topological polar surface area (TPSA) is 43.2 Å². The summed E-state index contributed by atoms with van der Waals surface area (Å²) < 4.78 is 7.56. The van der Waals surface area contributed by atoms with Crippen LogP contribution in [0.2, 0.25) is 0 Å². The van der Waals surface area contributed by atoms with Crippen molar-refractivity contribution in [3.05, 3.63) is 59.8 Å². The van der Waals surface area contributed by atoms with Crippen LogP contribution in [0.1, 0.15) is 30.2 Å². The predicted octanol–water partition coefficient (Wildman–Crippen LogP) is 3.15. The van der Waals surface area contributed by atoms with Crippen molar-refractivity contribution in [3.63, 3.8) is 0 Å². The molecule has 0 fully saturated rings. The quantitative estimate of drug-likeness (QED) is 0.740. The molecule has 0 aliphatic carbocycles. The second kappa shape index (κ2) is 6.34. The number of hydrogen-bond donors (Lipinski definition) is 0. The third kappa shape index (κ3) is 2.70. The number of benzene rings is 1. The summed E-state index contributed by atoms with van der Waals surface area (Å²) in [6.45, 7) is 5.63. The number of nitrogens with zero attached hydrogens (tertiary/aromatic N) is 4. The summed E-state index contributed by atoms with van der Waals surface area (Å²) >= 11 is 0. The Morgan fingerprint density at radius 3 is 2.92 bits per heavy atom. The van der Waals surface area contributed by atoms with Gasteiger partial charge in [-0.25, -0.2) is 4.98 Å². The van der Waals surface area contributed by atoms with E-state index in [-0.39, 0.29) is 6.04 Å². The highest BCUT2D eigenvalue weighted by Crippen LogP contribution is 2.27. The van der Waals surface area contributed by atoms with Gasteiger partial charge in [0, 0.05) is 32.1 Å². The maximum atomic E-state index is 5.27. The lowest BCUT2D eigenvalue weighted by Crippen LogP contribution is -2.37. The first-order chi connectivity index (χ1) is 11.8. The van der Waals surface area contributed by atoms with Crippen LogP contribution in [-0.2, 0) is 24.4 Å². The SMILES string of the molecule is COCc1cnc2n1CCN(Cc1ccc3ccccc3n1)C2C. The molecule has 5 nitrogen and oxygen atoms in total. The van der Waals surface area contributed by atoms with Crippen molar-refractivity contribution in [1.29, 1.82) is 0 Å². The molecule has 1 aliphatic rings. The Hall–Kier alpha value is -2.24. The monoisotopic (exact) mass is 322 g/mol. The zero-order valence-corrected chi connectivity index (χ0v) is 14.1. The highest BCUT2D eigenvalue weighted by Gasteiger charge is 2.27. The van der Waals surface area contributed by atoms with Gasteiger partial charge in [0.05, 0.1) is 35.8 Å². The third-order valence-corrected chi connectivity index (χ3v) is 4.81. The summed E-state index contributed by atoms with van der Waals surface area (Å²) in [6.07, 6.45) is 1.94. The second-order valence-corrected chi connectivity index (χ2v) is 6.33. The van der Waals surface area contributed by atoms with Gasteiger partial charge in [-0.3, -0.25) is 9.88 Å². The van der Waals surface area contributed by atoms with Gasteiger partial charge in [-0.05, 0) is 19.1 Å². The molecule has 124 valence electrons. The fourth-order valence-corrected chi connectivity index (χ4v) is 3.49. The molecule has 0 radical (unpaired) electrons. The van der Waals surface area contributed by atoms with Crippen molar-refractivity contribution >= 4 is 10.9 Å². The summed E-state index contributed by atoms with van der Waals surface area (Å²) in [7, 11) is 1.73. The van der Waals surface area contributed by atoms with Crippen molar-refractivity contribution in [3.8, 4) is 0 Å². The molecule has 0 saturated carbocycles. The number of aromatic nitrogens is 3. The lowest BCUT2D eigenvalue weighted by molar-refractivity contribution is 0.142. The molecule has 0 N–H and O–H groups in total. The Morgan fingerprint density at radius 1 is 1.17 bits per heavy atom. The van der Waals surface area contributed by atoms with Crippen molar-refractivity contribution in [1.82, 2.24) is 19.4 Å². The number of rotatable bonds is 4. The van der Waals surface area contributed by atoms with E-state index in [0.717, 1.165) is 42.4 Å². The summed E-state index contributed by atoms with van der Waals surface area (Å²) in [5.74, 6) is 1.12. The molecule has 2 aromatic heterocycles. The van der Waals surface area contributed by atoms with Crippen LogP contribution in [0.15, 0.2) is 42.6 Å². The van der Waals surface area contributed by atoms with Gasteiger partial charge >= 0.3 is 0 Å². The van der Waals surface area contributed by atoms with Crippen LogP contribution in [0.4, 0.5) is 0 Å². The molecular formula is C19H22N4O. The first-order valence-electron chi connectivity index (χ1n) is 8.38. The normalized spacial score (nSPS) is 18.0. The van der Waals surface area contributed by atoms with Crippen molar-refractivity contribution in [2.45, 2.75) is 32.7 Å². The van der Waals surface area contributed by atoms with Crippen LogP contribution in [-0.4, -0.2) is 33.1 Å². The molecule has 1 aliphatic heterocycles. The summed E-state index contributed by atoms with van der Waals surface area (Å²) in [4.78, 5) is 11.9. The third-order valence-electron chi connectivity index (χ3n) is 4.81. The van der Waals surface area contributed by atoms with Crippen molar-refractivity contribution in [2.75, 3.05) is 13.7 Å². The molecule has 3 heterocycles. The molecule has 4 rings (SSSR count). The zero-order chi connectivity index (χ0) is 16.5. The molecule has 3 aromatic rings. The van der Waals surface area contributed by atoms with Crippen LogP contribution in [0.5, 0.6) is 0 Å². The number of hydrogen-bond acceptors (Lipinski definition) is 4. The highest BCUT2D eigenvalue weighted by atomic mass is 16.5. The summed E-state index contributed by atoms with van der Waals surface area (Å²) in [5, 5.41) is 1.19. The number of methoxy groups -OCH3 is 1. The Balaban J connectivity index is 1.56. The Bertz CT molecular complexity index is 857. The van der Waals surface area contributed by atoms with E-state index >= 15 is 0 Å². The standard InChI is InChI=1S/C19H22N4O/c1-14-19-20-11-17(13-24-2)23(19)10-9-22(14)12-16-8-7-15-5-3-4-6-18(15)21-16/h3-8,11,14H,9-10,12-13H2,1-2H3. The minimum atomic E-state index is 0.276. The molecule has 0 amide bonds. The van der Waals surface area contributed by atoms with Crippen molar-refractivity contribution < 1.29 is 4.74 Å². The van der Waals surface area contributed by atoms with E-state index < -0.39 is 0 Å². The van der Waals surface area contributed by atoms with Crippen LogP contribution >= 0.6 is 0 Å².